The van der Waals surface area contributed by atoms with Gasteiger partial charge < -0.3 is 5.32 Å². The molecule has 0 aliphatic rings. The predicted octanol–water partition coefficient (Wildman–Crippen LogP) is 4.10. The van der Waals surface area contributed by atoms with Gasteiger partial charge in [0.05, 0.1) is 5.52 Å². The van der Waals surface area contributed by atoms with Crippen LogP contribution in [0.15, 0.2) is 67.4 Å². The maximum Gasteiger partial charge on any atom is 0.227 e. The van der Waals surface area contributed by atoms with Gasteiger partial charge in [-0.3, -0.25) is 0 Å². The third-order valence-corrected chi connectivity index (χ3v) is 3.08. The molecule has 0 saturated carbocycles. The normalized spacial score (nSPS) is 10.4. The van der Waals surface area contributed by atoms with Crippen molar-refractivity contribution in [2.24, 2.45) is 0 Å². The van der Waals surface area contributed by atoms with Crippen molar-refractivity contribution in [3.63, 3.8) is 0 Å². The van der Waals surface area contributed by atoms with Crippen LogP contribution in [0.1, 0.15) is 5.56 Å². The third-order valence-electron chi connectivity index (χ3n) is 3.08. The van der Waals surface area contributed by atoms with Gasteiger partial charge >= 0.3 is 0 Å². The van der Waals surface area contributed by atoms with Crippen LogP contribution in [0.2, 0.25) is 0 Å². The standard InChI is InChI=1S/C17H15N3/c1-2-5-13-8-10-15(11-9-13)19-17-18-12-14-6-3-4-7-16(14)20-17/h2-4,6-12H,1,5H2,(H,18,19,20). The molecule has 0 atom stereocenters. The number of hydrogen-bond donors (Lipinski definition) is 1. The summed E-state index contributed by atoms with van der Waals surface area (Å²) >= 11 is 0. The SMILES string of the molecule is C=CCc1ccc(Nc2ncc3ccccc3n2)cc1. The number of fused-ring (bicyclic) bond motifs is 1. The molecule has 20 heavy (non-hydrogen) atoms. The van der Waals surface area contributed by atoms with Crippen LogP contribution in [0.3, 0.4) is 0 Å². The van der Waals surface area contributed by atoms with Crippen LogP contribution in [-0.2, 0) is 6.42 Å². The number of benzene rings is 2. The zero-order chi connectivity index (χ0) is 13.8. The molecule has 0 aliphatic heterocycles. The first kappa shape index (κ1) is 12.4. The van der Waals surface area contributed by atoms with Crippen molar-refractivity contribution >= 4 is 22.5 Å². The average Bonchev–Trinajstić information content (AvgIpc) is 2.49. The van der Waals surface area contributed by atoms with E-state index in [1.165, 1.54) is 5.56 Å². The molecule has 0 aliphatic carbocycles. The van der Waals surface area contributed by atoms with Gasteiger partial charge in [0, 0.05) is 17.3 Å². The molecule has 0 bridgehead atoms. The molecule has 1 heterocycles. The van der Waals surface area contributed by atoms with E-state index < -0.39 is 0 Å². The first-order chi connectivity index (χ1) is 9.85. The fourth-order valence-electron chi connectivity index (χ4n) is 2.05. The van der Waals surface area contributed by atoms with E-state index in [4.69, 9.17) is 0 Å². The van der Waals surface area contributed by atoms with E-state index in [0.717, 1.165) is 23.0 Å². The quantitative estimate of drug-likeness (QED) is 0.718. The fourth-order valence-corrected chi connectivity index (χ4v) is 2.05. The van der Waals surface area contributed by atoms with E-state index in [2.05, 4.69) is 34.0 Å². The smallest absolute Gasteiger partial charge is 0.227 e. The summed E-state index contributed by atoms with van der Waals surface area (Å²) < 4.78 is 0. The Labute approximate surface area is 118 Å². The Hall–Kier alpha value is -2.68. The van der Waals surface area contributed by atoms with Crippen LogP contribution in [0.4, 0.5) is 11.6 Å². The second-order valence-corrected chi connectivity index (χ2v) is 4.57. The number of nitrogens with zero attached hydrogens (tertiary/aromatic N) is 2. The van der Waals surface area contributed by atoms with Crippen molar-refractivity contribution in [1.82, 2.24) is 9.97 Å². The maximum absolute atomic E-state index is 4.49. The number of rotatable bonds is 4. The monoisotopic (exact) mass is 261 g/mol. The van der Waals surface area contributed by atoms with Crippen LogP contribution in [-0.4, -0.2) is 9.97 Å². The molecule has 3 nitrogen and oxygen atoms in total. The van der Waals surface area contributed by atoms with E-state index >= 15 is 0 Å². The van der Waals surface area contributed by atoms with E-state index in [1.807, 2.05) is 48.7 Å². The summed E-state index contributed by atoms with van der Waals surface area (Å²) in [5.41, 5.74) is 3.16. The Morgan fingerprint density at radius 1 is 1.05 bits per heavy atom. The first-order valence-corrected chi connectivity index (χ1v) is 6.54. The Balaban J connectivity index is 1.83. The third kappa shape index (κ3) is 2.67. The van der Waals surface area contributed by atoms with Gasteiger partial charge in [0.2, 0.25) is 5.95 Å². The van der Waals surface area contributed by atoms with E-state index in [1.54, 1.807) is 0 Å². The molecule has 3 aromatic rings. The van der Waals surface area contributed by atoms with Crippen LogP contribution in [0.25, 0.3) is 10.9 Å². The Morgan fingerprint density at radius 3 is 2.65 bits per heavy atom. The molecule has 0 spiro atoms. The Bertz CT molecular complexity index is 733. The lowest BCUT2D eigenvalue weighted by molar-refractivity contribution is 1.21. The van der Waals surface area contributed by atoms with Gasteiger partial charge in [-0.1, -0.05) is 36.4 Å². The highest BCUT2D eigenvalue weighted by Gasteiger charge is 2.00. The summed E-state index contributed by atoms with van der Waals surface area (Å²) in [6.45, 7) is 3.74. The average molecular weight is 261 g/mol. The summed E-state index contributed by atoms with van der Waals surface area (Å²) in [6.07, 6.45) is 4.61. The van der Waals surface area contributed by atoms with Gasteiger partial charge in [-0.15, -0.1) is 6.58 Å². The lowest BCUT2D eigenvalue weighted by Gasteiger charge is -2.06. The van der Waals surface area contributed by atoms with Crippen molar-refractivity contribution in [3.05, 3.63) is 72.9 Å². The summed E-state index contributed by atoms with van der Waals surface area (Å²) in [5.74, 6) is 0.611. The fraction of sp³-hybridized carbons (Fsp3) is 0.0588. The molecular formula is C17H15N3. The van der Waals surface area contributed by atoms with Gasteiger partial charge in [0.1, 0.15) is 0 Å². The highest BCUT2D eigenvalue weighted by atomic mass is 15.1. The predicted molar refractivity (Wildman–Crippen MR) is 83.2 cm³/mol. The maximum atomic E-state index is 4.49. The van der Waals surface area contributed by atoms with Gasteiger partial charge in [-0.25, -0.2) is 9.97 Å². The topological polar surface area (TPSA) is 37.8 Å². The Kier molecular flexibility index (Phi) is 3.42. The molecule has 0 radical (unpaired) electrons. The van der Waals surface area contributed by atoms with Crippen molar-refractivity contribution in [2.75, 3.05) is 5.32 Å². The molecule has 0 saturated heterocycles. The number of para-hydroxylation sites is 1. The van der Waals surface area contributed by atoms with Crippen molar-refractivity contribution in [2.45, 2.75) is 6.42 Å². The zero-order valence-electron chi connectivity index (χ0n) is 11.1. The van der Waals surface area contributed by atoms with Crippen LogP contribution in [0, 0.1) is 0 Å². The van der Waals surface area contributed by atoms with E-state index in [9.17, 15) is 0 Å². The molecule has 0 unspecified atom stereocenters. The summed E-state index contributed by atoms with van der Waals surface area (Å²) in [6, 6.07) is 16.1. The molecule has 1 N–H and O–H groups in total. The minimum absolute atomic E-state index is 0.611. The molecule has 0 fully saturated rings. The second kappa shape index (κ2) is 5.53. The van der Waals surface area contributed by atoms with Gasteiger partial charge in [0.25, 0.3) is 0 Å². The molecule has 98 valence electrons. The van der Waals surface area contributed by atoms with Gasteiger partial charge in [-0.05, 0) is 30.2 Å². The minimum Gasteiger partial charge on any atom is -0.324 e. The number of anilines is 2. The summed E-state index contributed by atoms with van der Waals surface area (Å²) in [4.78, 5) is 8.81. The molecule has 3 rings (SSSR count). The number of nitrogens with one attached hydrogen (secondary N) is 1. The van der Waals surface area contributed by atoms with Crippen molar-refractivity contribution in [1.29, 1.82) is 0 Å². The lowest BCUT2D eigenvalue weighted by Crippen LogP contribution is -1.97. The number of aromatic nitrogens is 2. The van der Waals surface area contributed by atoms with E-state index in [-0.39, 0.29) is 0 Å². The summed E-state index contributed by atoms with van der Waals surface area (Å²) in [7, 11) is 0. The largest absolute Gasteiger partial charge is 0.324 e. The van der Waals surface area contributed by atoms with Gasteiger partial charge in [-0.2, -0.15) is 0 Å². The van der Waals surface area contributed by atoms with Crippen LogP contribution < -0.4 is 5.32 Å². The van der Waals surface area contributed by atoms with Crippen molar-refractivity contribution < 1.29 is 0 Å². The number of hydrogen-bond acceptors (Lipinski definition) is 3. The second-order valence-electron chi connectivity index (χ2n) is 4.57. The van der Waals surface area contributed by atoms with Crippen LogP contribution >= 0.6 is 0 Å². The molecule has 3 heteroatoms. The molecule has 1 aromatic heterocycles. The number of allylic oxidation sites excluding steroid dienone is 1. The summed E-state index contributed by atoms with van der Waals surface area (Å²) in [5, 5.41) is 4.26. The Morgan fingerprint density at radius 2 is 1.85 bits per heavy atom. The molecule has 0 amide bonds. The first-order valence-electron chi connectivity index (χ1n) is 6.54. The molecule has 2 aromatic carbocycles. The molecular weight excluding hydrogens is 246 g/mol. The highest BCUT2D eigenvalue weighted by molar-refractivity contribution is 5.78. The zero-order valence-corrected chi connectivity index (χ0v) is 11.1. The van der Waals surface area contributed by atoms with E-state index in [0.29, 0.717) is 5.95 Å². The van der Waals surface area contributed by atoms with Crippen molar-refractivity contribution in [3.8, 4) is 0 Å². The van der Waals surface area contributed by atoms with Gasteiger partial charge in [0.15, 0.2) is 0 Å². The van der Waals surface area contributed by atoms with Crippen LogP contribution in [0.5, 0.6) is 0 Å². The minimum atomic E-state index is 0.611. The highest BCUT2D eigenvalue weighted by Crippen LogP contribution is 2.17. The lowest BCUT2D eigenvalue weighted by atomic mass is 10.1.